The van der Waals surface area contributed by atoms with E-state index >= 15 is 0 Å². The van der Waals surface area contributed by atoms with Gasteiger partial charge in [-0.1, -0.05) is 24.3 Å². The van der Waals surface area contributed by atoms with E-state index in [4.69, 9.17) is 4.42 Å². The van der Waals surface area contributed by atoms with E-state index in [1.54, 1.807) is 18.4 Å². The zero-order chi connectivity index (χ0) is 18.8. The van der Waals surface area contributed by atoms with E-state index in [1.807, 2.05) is 42.2 Å². The largest absolute Gasteiger partial charge is 0.459 e. The van der Waals surface area contributed by atoms with E-state index in [1.165, 1.54) is 11.1 Å². The summed E-state index contributed by atoms with van der Waals surface area (Å²) in [4.78, 5) is 21.6. The molecular weight excluding hydrogens is 338 g/mol. The van der Waals surface area contributed by atoms with Crippen molar-refractivity contribution < 1.29 is 9.21 Å². The van der Waals surface area contributed by atoms with Crippen molar-refractivity contribution in [3.63, 3.8) is 0 Å². The number of pyridine rings is 1. The van der Waals surface area contributed by atoms with E-state index in [0.29, 0.717) is 12.3 Å². The van der Waals surface area contributed by atoms with Crippen LogP contribution in [0.25, 0.3) is 0 Å². The standard InChI is InChI=1S/C22H23N3O2/c1-24(2)20-15-17(11-12-23-20)21-18-9-4-3-7-16(18)8-5-13-25(21)22(26)19-10-6-14-27-19/h3-4,6-7,9-12,14-15,21H,5,8,13H2,1-2H3. The maximum atomic E-state index is 13.2. The number of furan rings is 1. The molecule has 2 aromatic heterocycles. The number of amides is 1. The Morgan fingerprint density at radius 3 is 2.81 bits per heavy atom. The molecule has 3 aromatic rings. The minimum absolute atomic E-state index is 0.0788. The fraction of sp³-hybridized carbons (Fsp3) is 0.273. The Balaban J connectivity index is 1.85. The van der Waals surface area contributed by atoms with Crippen molar-refractivity contribution in [2.75, 3.05) is 25.5 Å². The van der Waals surface area contributed by atoms with Crippen LogP contribution in [0.15, 0.2) is 65.4 Å². The molecule has 0 spiro atoms. The molecule has 0 aliphatic carbocycles. The Labute approximate surface area is 159 Å². The van der Waals surface area contributed by atoms with Gasteiger partial charge in [-0.15, -0.1) is 0 Å². The minimum atomic E-state index is -0.164. The Morgan fingerprint density at radius 2 is 2.04 bits per heavy atom. The second-order valence-electron chi connectivity index (χ2n) is 7.02. The number of aromatic nitrogens is 1. The van der Waals surface area contributed by atoms with Crippen molar-refractivity contribution >= 4 is 11.7 Å². The highest BCUT2D eigenvalue weighted by molar-refractivity contribution is 5.92. The van der Waals surface area contributed by atoms with Crippen LogP contribution in [0, 0.1) is 0 Å². The fourth-order valence-corrected chi connectivity index (χ4v) is 3.73. The number of nitrogens with zero attached hydrogens (tertiary/aromatic N) is 3. The van der Waals surface area contributed by atoms with Gasteiger partial charge in [0.15, 0.2) is 5.76 Å². The molecule has 0 radical (unpaired) electrons. The highest BCUT2D eigenvalue weighted by atomic mass is 16.3. The molecule has 5 nitrogen and oxygen atoms in total. The Hall–Kier alpha value is -3.08. The molecule has 0 saturated carbocycles. The van der Waals surface area contributed by atoms with E-state index < -0.39 is 0 Å². The molecule has 0 fully saturated rings. The van der Waals surface area contributed by atoms with Crippen molar-refractivity contribution in [2.24, 2.45) is 0 Å². The quantitative estimate of drug-likeness (QED) is 0.709. The van der Waals surface area contributed by atoms with Crippen molar-refractivity contribution in [1.82, 2.24) is 9.88 Å². The monoisotopic (exact) mass is 361 g/mol. The molecule has 1 unspecified atom stereocenters. The molecule has 1 amide bonds. The summed E-state index contributed by atoms with van der Waals surface area (Å²) < 4.78 is 5.41. The molecule has 0 N–H and O–H groups in total. The number of carbonyl (C=O) groups is 1. The fourth-order valence-electron chi connectivity index (χ4n) is 3.73. The first-order valence-corrected chi connectivity index (χ1v) is 9.20. The van der Waals surface area contributed by atoms with E-state index in [0.717, 1.165) is 24.2 Å². The van der Waals surface area contributed by atoms with E-state index in [-0.39, 0.29) is 11.9 Å². The van der Waals surface area contributed by atoms with Crippen molar-refractivity contribution in [3.8, 4) is 0 Å². The smallest absolute Gasteiger partial charge is 0.290 e. The van der Waals surface area contributed by atoms with Crippen LogP contribution in [0.5, 0.6) is 0 Å². The Morgan fingerprint density at radius 1 is 1.19 bits per heavy atom. The van der Waals surface area contributed by atoms with Crippen LogP contribution in [0.3, 0.4) is 0 Å². The maximum Gasteiger partial charge on any atom is 0.290 e. The average Bonchev–Trinajstić information content (AvgIpc) is 3.15. The summed E-state index contributed by atoms with van der Waals surface area (Å²) in [5, 5.41) is 0. The number of rotatable bonds is 3. The van der Waals surface area contributed by atoms with Gasteiger partial charge in [0, 0.05) is 26.8 Å². The summed E-state index contributed by atoms with van der Waals surface area (Å²) in [5.74, 6) is 1.17. The molecule has 0 bridgehead atoms. The average molecular weight is 361 g/mol. The number of aryl methyl sites for hydroxylation is 1. The summed E-state index contributed by atoms with van der Waals surface area (Å²) in [7, 11) is 3.94. The Bertz CT molecular complexity index is 934. The highest BCUT2D eigenvalue weighted by Crippen LogP contribution is 2.36. The lowest BCUT2D eigenvalue weighted by atomic mass is 9.93. The second kappa shape index (κ2) is 7.27. The zero-order valence-corrected chi connectivity index (χ0v) is 15.6. The summed E-state index contributed by atoms with van der Waals surface area (Å²) in [6.45, 7) is 0.679. The van der Waals surface area contributed by atoms with Gasteiger partial charge in [0.25, 0.3) is 5.91 Å². The molecule has 1 aromatic carbocycles. The normalized spacial score (nSPS) is 16.5. The van der Waals surface area contributed by atoms with Gasteiger partial charge >= 0.3 is 0 Å². The van der Waals surface area contributed by atoms with Crippen LogP contribution in [-0.4, -0.2) is 36.4 Å². The van der Waals surface area contributed by atoms with Gasteiger partial charge < -0.3 is 14.2 Å². The van der Waals surface area contributed by atoms with Crippen LogP contribution in [0.1, 0.15) is 39.7 Å². The molecule has 3 heterocycles. The molecule has 1 aliphatic heterocycles. The van der Waals surface area contributed by atoms with Gasteiger partial charge in [-0.3, -0.25) is 4.79 Å². The van der Waals surface area contributed by atoms with Gasteiger partial charge in [0.1, 0.15) is 5.82 Å². The topological polar surface area (TPSA) is 49.6 Å². The third-order valence-corrected chi connectivity index (χ3v) is 5.04. The van der Waals surface area contributed by atoms with Crippen LogP contribution in [0.4, 0.5) is 5.82 Å². The molecular formula is C22H23N3O2. The van der Waals surface area contributed by atoms with E-state index in [2.05, 4.69) is 29.2 Å². The lowest BCUT2D eigenvalue weighted by Crippen LogP contribution is -2.35. The molecule has 4 rings (SSSR count). The van der Waals surface area contributed by atoms with Gasteiger partial charge in [-0.2, -0.15) is 0 Å². The first-order valence-electron chi connectivity index (χ1n) is 9.20. The number of benzene rings is 1. The lowest BCUT2D eigenvalue weighted by Gasteiger charge is -2.31. The number of fused-ring (bicyclic) bond motifs is 1. The Kier molecular flexibility index (Phi) is 4.67. The summed E-state index contributed by atoms with van der Waals surface area (Å²) in [6, 6.07) is 15.8. The van der Waals surface area contributed by atoms with Crippen LogP contribution >= 0.6 is 0 Å². The maximum absolute atomic E-state index is 13.2. The molecule has 138 valence electrons. The molecule has 1 aliphatic rings. The number of carbonyl (C=O) groups excluding carboxylic acids is 1. The van der Waals surface area contributed by atoms with Crippen molar-refractivity contribution in [1.29, 1.82) is 0 Å². The van der Waals surface area contributed by atoms with Crippen LogP contribution in [-0.2, 0) is 6.42 Å². The highest BCUT2D eigenvalue weighted by Gasteiger charge is 2.32. The number of hydrogen-bond acceptors (Lipinski definition) is 4. The predicted octanol–water partition coefficient (Wildman–Crippen LogP) is 3.92. The summed E-state index contributed by atoms with van der Waals surface area (Å²) in [5.41, 5.74) is 3.52. The molecule has 0 saturated heterocycles. The summed E-state index contributed by atoms with van der Waals surface area (Å²) >= 11 is 0. The minimum Gasteiger partial charge on any atom is -0.459 e. The van der Waals surface area contributed by atoms with Gasteiger partial charge in [0.2, 0.25) is 0 Å². The lowest BCUT2D eigenvalue weighted by molar-refractivity contribution is 0.0677. The summed E-state index contributed by atoms with van der Waals surface area (Å²) in [6.07, 6.45) is 5.24. The molecule has 5 heteroatoms. The number of anilines is 1. The van der Waals surface area contributed by atoms with E-state index in [9.17, 15) is 4.79 Å². The van der Waals surface area contributed by atoms with Gasteiger partial charge in [-0.05, 0) is 53.8 Å². The predicted molar refractivity (Wildman–Crippen MR) is 105 cm³/mol. The second-order valence-corrected chi connectivity index (χ2v) is 7.02. The van der Waals surface area contributed by atoms with Crippen LogP contribution < -0.4 is 4.90 Å². The number of hydrogen-bond donors (Lipinski definition) is 0. The first kappa shape index (κ1) is 17.3. The SMILES string of the molecule is CN(C)c1cc(C2c3ccccc3CCCN2C(=O)c2ccco2)ccn1. The van der Waals surface area contributed by atoms with Crippen molar-refractivity contribution in [3.05, 3.63) is 83.4 Å². The van der Waals surface area contributed by atoms with Gasteiger partial charge in [0.05, 0.1) is 12.3 Å². The van der Waals surface area contributed by atoms with Crippen molar-refractivity contribution in [2.45, 2.75) is 18.9 Å². The third kappa shape index (κ3) is 3.33. The molecule has 27 heavy (non-hydrogen) atoms. The van der Waals surface area contributed by atoms with Gasteiger partial charge in [-0.25, -0.2) is 4.98 Å². The molecule has 1 atom stereocenters. The third-order valence-electron chi connectivity index (χ3n) is 5.04. The first-order chi connectivity index (χ1) is 13.1. The zero-order valence-electron chi connectivity index (χ0n) is 15.6. The van der Waals surface area contributed by atoms with Crippen LogP contribution in [0.2, 0.25) is 0 Å².